The standard InChI is InChI=1S/C13H22N4O2S/c1-11(14)12-3-5-13(6-4-12)20(18,19)15-17-9-7-16(2)8-10-17/h3-6,11,15H,7-10,14H2,1-2H3. The summed E-state index contributed by atoms with van der Waals surface area (Å²) in [4.78, 5) is 5.06. The van der Waals surface area contributed by atoms with E-state index in [4.69, 9.17) is 5.73 Å². The van der Waals surface area contributed by atoms with E-state index < -0.39 is 10.0 Å². The van der Waals surface area contributed by atoms with Crippen molar-refractivity contribution in [1.82, 2.24) is 14.7 Å². The summed E-state index contributed by atoms with van der Waals surface area (Å²) in [6.07, 6.45) is 0. The molecule has 1 saturated heterocycles. The number of hydrogen-bond donors (Lipinski definition) is 2. The van der Waals surface area contributed by atoms with Gasteiger partial charge in [0.25, 0.3) is 10.0 Å². The SMILES string of the molecule is CC(N)c1ccc(S(=O)(=O)NN2CCN(C)CC2)cc1. The molecule has 0 spiro atoms. The molecule has 0 radical (unpaired) electrons. The van der Waals surface area contributed by atoms with E-state index in [1.807, 2.05) is 14.0 Å². The minimum Gasteiger partial charge on any atom is -0.324 e. The summed E-state index contributed by atoms with van der Waals surface area (Å²) < 4.78 is 24.5. The van der Waals surface area contributed by atoms with Crippen LogP contribution < -0.4 is 10.6 Å². The normalized spacial score (nSPS) is 19.9. The molecule has 1 aromatic rings. The number of nitrogens with zero attached hydrogens (tertiary/aromatic N) is 2. The third-order valence-electron chi connectivity index (χ3n) is 3.47. The van der Waals surface area contributed by atoms with Crippen molar-refractivity contribution in [2.24, 2.45) is 5.73 Å². The van der Waals surface area contributed by atoms with E-state index in [1.54, 1.807) is 29.3 Å². The van der Waals surface area contributed by atoms with E-state index in [-0.39, 0.29) is 10.9 Å². The Bertz CT molecular complexity index is 534. The number of sulfonamides is 1. The topological polar surface area (TPSA) is 78.7 Å². The molecule has 1 heterocycles. The summed E-state index contributed by atoms with van der Waals surface area (Å²) in [6.45, 7) is 4.95. The van der Waals surface area contributed by atoms with Gasteiger partial charge in [-0.3, -0.25) is 0 Å². The molecule has 0 aromatic heterocycles. The molecule has 2 rings (SSSR count). The number of benzene rings is 1. The molecule has 1 aliphatic heterocycles. The van der Waals surface area contributed by atoms with E-state index in [9.17, 15) is 8.42 Å². The molecule has 1 aliphatic rings. The quantitative estimate of drug-likeness (QED) is 0.827. The highest BCUT2D eigenvalue weighted by atomic mass is 32.2. The highest BCUT2D eigenvalue weighted by molar-refractivity contribution is 7.89. The number of likely N-dealkylation sites (N-methyl/N-ethyl adjacent to an activating group) is 1. The molecule has 0 saturated carbocycles. The van der Waals surface area contributed by atoms with Gasteiger partial charge in [0.15, 0.2) is 0 Å². The second-order valence-corrected chi connectivity index (χ2v) is 6.90. The van der Waals surface area contributed by atoms with Crippen molar-refractivity contribution in [2.45, 2.75) is 17.9 Å². The van der Waals surface area contributed by atoms with Crippen molar-refractivity contribution < 1.29 is 8.42 Å². The average molecular weight is 298 g/mol. The Hall–Kier alpha value is -0.990. The first-order chi connectivity index (χ1) is 9.38. The van der Waals surface area contributed by atoms with Crippen molar-refractivity contribution in [2.75, 3.05) is 33.2 Å². The van der Waals surface area contributed by atoms with Gasteiger partial charge in [0.1, 0.15) is 0 Å². The molecular formula is C13H22N4O2S. The average Bonchev–Trinajstić information content (AvgIpc) is 2.41. The predicted octanol–water partition coefficient (Wildman–Crippen LogP) is 0.147. The molecule has 0 bridgehead atoms. The maximum atomic E-state index is 12.3. The van der Waals surface area contributed by atoms with Crippen LogP contribution in [0.1, 0.15) is 18.5 Å². The predicted molar refractivity (Wildman–Crippen MR) is 78.4 cm³/mol. The second kappa shape index (κ2) is 6.19. The molecule has 20 heavy (non-hydrogen) atoms. The van der Waals surface area contributed by atoms with Crippen LogP contribution in [0.25, 0.3) is 0 Å². The Balaban J connectivity index is 2.06. The molecule has 112 valence electrons. The first-order valence-electron chi connectivity index (χ1n) is 6.70. The largest absolute Gasteiger partial charge is 0.324 e. The lowest BCUT2D eigenvalue weighted by atomic mass is 10.1. The van der Waals surface area contributed by atoms with E-state index in [1.165, 1.54) is 0 Å². The van der Waals surface area contributed by atoms with Crippen molar-refractivity contribution >= 4 is 10.0 Å². The molecule has 6 nitrogen and oxygen atoms in total. The summed E-state index contributed by atoms with van der Waals surface area (Å²) >= 11 is 0. The Morgan fingerprint density at radius 1 is 1.15 bits per heavy atom. The summed E-state index contributed by atoms with van der Waals surface area (Å²) in [5.41, 5.74) is 6.68. The lowest BCUT2D eigenvalue weighted by Gasteiger charge is -2.32. The molecule has 1 unspecified atom stereocenters. The fraction of sp³-hybridized carbons (Fsp3) is 0.538. The number of rotatable bonds is 4. The number of nitrogens with two attached hydrogens (primary N) is 1. The van der Waals surface area contributed by atoms with Gasteiger partial charge in [-0.15, -0.1) is 4.83 Å². The molecule has 0 amide bonds. The van der Waals surface area contributed by atoms with Crippen LogP contribution >= 0.6 is 0 Å². The minimum absolute atomic E-state index is 0.0997. The van der Waals surface area contributed by atoms with Gasteiger partial charge in [0.2, 0.25) is 0 Å². The fourth-order valence-electron chi connectivity index (χ4n) is 2.07. The zero-order chi connectivity index (χ0) is 14.8. The van der Waals surface area contributed by atoms with Crippen molar-refractivity contribution in [3.63, 3.8) is 0 Å². The van der Waals surface area contributed by atoms with E-state index >= 15 is 0 Å². The lowest BCUT2D eigenvalue weighted by Crippen LogP contribution is -2.52. The van der Waals surface area contributed by atoms with Gasteiger partial charge in [0.05, 0.1) is 4.90 Å². The van der Waals surface area contributed by atoms with Crippen LogP contribution in [-0.4, -0.2) is 51.6 Å². The van der Waals surface area contributed by atoms with Crippen LogP contribution in [0.4, 0.5) is 0 Å². The van der Waals surface area contributed by atoms with Crippen molar-refractivity contribution in [3.8, 4) is 0 Å². The monoisotopic (exact) mass is 298 g/mol. The van der Waals surface area contributed by atoms with Crippen LogP contribution in [0.5, 0.6) is 0 Å². The van der Waals surface area contributed by atoms with E-state index in [0.29, 0.717) is 13.1 Å². The Labute approximate surface area is 120 Å². The van der Waals surface area contributed by atoms with Gasteiger partial charge >= 0.3 is 0 Å². The molecule has 1 atom stereocenters. The number of hydrogen-bond acceptors (Lipinski definition) is 5. The Morgan fingerprint density at radius 3 is 2.20 bits per heavy atom. The molecule has 1 aromatic carbocycles. The number of nitrogens with one attached hydrogen (secondary N) is 1. The maximum Gasteiger partial charge on any atom is 0.253 e. The Kier molecular flexibility index (Phi) is 4.77. The van der Waals surface area contributed by atoms with Crippen molar-refractivity contribution in [1.29, 1.82) is 0 Å². The zero-order valence-electron chi connectivity index (χ0n) is 11.9. The van der Waals surface area contributed by atoms with Gasteiger partial charge in [-0.25, -0.2) is 13.4 Å². The highest BCUT2D eigenvalue weighted by Crippen LogP contribution is 2.15. The van der Waals surface area contributed by atoms with Gasteiger partial charge in [-0.1, -0.05) is 12.1 Å². The minimum atomic E-state index is -3.50. The summed E-state index contributed by atoms with van der Waals surface area (Å²) in [6, 6.07) is 6.60. The summed E-state index contributed by atoms with van der Waals surface area (Å²) in [7, 11) is -1.48. The lowest BCUT2D eigenvalue weighted by molar-refractivity contribution is 0.135. The van der Waals surface area contributed by atoms with Crippen LogP contribution in [0.2, 0.25) is 0 Å². The van der Waals surface area contributed by atoms with E-state index in [2.05, 4.69) is 9.73 Å². The Morgan fingerprint density at radius 2 is 1.70 bits per heavy atom. The van der Waals surface area contributed by atoms with Crippen LogP contribution in [0.15, 0.2) is 29.2 Å². The zero-order valence-corrected chi connectivity index (χ0v) is 12.7. The number of piperazine rings is 1. The van der Waals surface area contributed by atoms with Gasteiger partial charge < -0.3 is 10.6 Å². The molecule has 3 N–H and O–H groups in total. The third-order valence-corrected chi connectivity index (χ3v) is 4.86. The van der Waals surface area contributed by atoms with Gasteiger partial charge in [0, 0.05) is 32.2 Å². The third kappa shape index (κ3) is 3.77. The first kappa shape index (κ1) is 15.4. The van der Waals surface area contributed by atoms with Crippen LogP contribution in [0.3, 0.4) is 0 Å². The van der Waals surface area contributed by atoms with E-state index in [0.717, 1.165) is 18.7 Å². The summed E-state index contributed by atoms with van der Waals surface area (Å²) in [5, 5.41) is 1.74. The molecule has 0 aliphatic carbocycles. The fourth-order valence-corrected chi connectivity index (χ4v) is 3.19. The highest BCUT2D eigenvalue weighted by Gasteiger charge is 2.21. The van der Waals surface area contributed by atoms with Gasteiger partial charge in [-0.2, -0.15) is 0 Å². The second-order valence-electron chi connectivity index (χ2n) is 5.24. The van der Waals surface area contributed by atoms with Crippen molar-refractivity contribution in [3.05, 3.63) is 29.8 Å². The molecular weight excluding hydrogens is 276 g/mol. The van der Waals surface area contributed by atoms with Gasteiger partial charge in [-0.05, 0) is 31.7 Å². The number of hydrazine groups is 1. The smallest absolute Gasteiger partial charge is 0.253 e. The van der Waals surface area contributed by atoms with Crippen LogP contribution in [-0.2, 0) is 10.0 Å². The summed E-state index contributed by atoms with van der Waals surface area (Å²) in [5.74, 6) is 0. The maximum absolute atomic E-state index is 12.3. The van der Waals surface area contributed by atoms with Crippen LogP contribution in [0, 0.1) is 0 Å². The first-order valence-corrected chi connectivity index (χ1v) is 8.18. The molecule has 1 fully saturated rings. The molecule has 7 heteroatoms.